The Morgan fingerprint density at radius 3 is 2.56 bits per heavy atom. The molecule has 0 spiro atoms. The van der Waals surface area contributed by atoms with Gasteiger partial charge in [-0.25, -0.2) is 4.39 Å². The molecule has 0 radical (unpaired) electrons. The summed E-state index contributed by atoms with van der Waals surface area (Å²) in [6, 6.07) is 5.30. The van der Waals surface area contributed by atoms with Crippen molar-refractivity contribution in [2.75, 3.05) is 13.1 Å². The molecule has 0 saturated heterocycles. The lowest BCUT2D eigenvalue weighted by atomic mass is 9.85. The van der Waals surface area contributed by atoms with Crippen LogP contribution in [0.25, 0.3) is 0 Å². The molecule has 1 aromatic carbocycles. The molecule has 0 amide bonds. The van der Waals surface area contributed by atoms with Crippen molar-refractivity contribution in [3.63, 3.8) is 0 Å². The Hall–Kier alpha value is -0.410. The molecule has 3 heteroatoms. The number of rotatable bonds is 6. The minimum Gasteiger partial charge on any atom is -0.316 e. The molecule has 0 aliphatic heterocycles. The Bertz CT molecular complexity index is 388. The van der Waals surface area contributed by atoms with Crippen molar-refractivity contribution in [3.8, 4) is 0 Å². The van der Waals surface area contributed by atoms with Crippen LogP contribution < -0.4 is 5.32 Å². The summed E-state index contributed by atoms with van der Waals surface area (Å²) in [5.74, 6) is 0.520. The van der Waals surface area contributed by atoms with Gasteiger partial charge in [0, 0.05) is 11.0 Å². The molecule has 0 aromatic heterocycles. The first-order valence-electron chi connectivity index (χ1n) is 6.45. The Balaban J connectivity index is 2.58. The monoisotopic (exact) mass is 315 g/mol. The van der Waals surface area contributed by atoms with Gasteiger partial charge in [-0.15, -0.1) is 0 Å². The fourth-order valence-electron chi connectivity index (χ4n) is 1.94. The summed E-state index contributed by atoms with van der Waals surface area (Å²) in [5.41, 5.74) is 0.846. The molecule has 0 saturated carbocycles. The van der Waals surface area contributed by atoms with Gasteiger partial charge in [-0.05, 0) is 42.0 Å². The second kappa shape index (κ2) is 6.67. The lowest BCUT2D eigenvalue weighted by Crippen LogP contribution is -2.33. The summed E-state index contributed by atoms with van der Waals surface area (Å²) in [5, 5.41) is 3.44. The molecule has 0 aliphatic rings. The average molecular weight is 316 g/mol. The molecule has 1 nitrogen and oxygen atoms in total. The third-order valence-electron chi connectivity index (χ3n) is 2.84. The van der Waals surface area contributed by atoms with Gasteiger partial charge in [0.25, 0.3) is 0 Å². The van der Waals surface area contributed by atoms with Crippen molar-refractivity contribution in [2.24, 2.45) is 11.3 Å². The third-order valence-corrected chi connectivity index (χ3v) is 3.33. The fourth-order valence-corrected chi connectivity index (χ4v) is 2.28. The molecule has 0 bridgehead atoms. The highest BCUT2D eigenvalue weighted by Gasteiger charge is 2.20. The Morgan fingerprint density at radius 2 is 2.00 bits per heavy atom. The molecule has 0 atom stereocenters. The lowest BCUT2D eigenvalue weighted by molar-refractivity contribution is 0.326. The van der Waals surface area contributed by atoms with Gasteiger partial charge in [0.1, 0.15) is 5.82 Å². The SMILES string of the molecule is CC(C)CNCC(C)(C)Cc1ccc(Br)cc1F. The van der Waals surface area contributed by atoms with Crippen molar-refractivity contribution in [3.05, 3.63) is 34.1 Å². The van der Waals surface area contributed by atoms with Crippen molar-refractivity contribution < 1.29 is 4.39 Å². The van der Waals surface area contributed by atoms with Crippen LogP contribution in [0.2, 0.25) is 0 Å². The number of benzene rings is 1. The molecular weight excluding hydrogens is 293 g/mol. The quantitative estimate of drug-likeness (QED) is 0.820. The molecule has 102 valence electrons. The van der Waals surface area contributed by atoms with Gasteiger partial charge in [0.15, 0.2) is 0 Å². The van der Waals surface area contributed by atoms with E-state index in [1.54, 1.807) is 0 Å². The predicted molar refractivity (Wildman–Crippen MR) is 79.3 cm³/mol. The van der Waals surface area contributed by atoms with Gasteiger partial charge in [0.05, 0.1) is 0 Å². The number of nitrogens with one attached hydrogen (secondary N) is 1. The largest absolute Gasteiger partial charge is 0.316 e. The summed E-state index contributed by atoms with van der Waals surface area (Å²) >= 11 is 3.28. The van der Waals surface area contributed by atoms with Gasteiger partial charge in [-0.1, -0.05) is 49.7 Å². The Morgan fingerprint density at radius 1 is 1.33 bits per heavy atom. The second-order valence-corrected chi connectivity index (χ2v) is 7.02. The first-order valence-corrected chi connectivity index (χ1v) is 7.24. The summed E-state index contributed by atoms with van der Waals surface area (Å²) < 4.78 is 14.6. The van der Waals surface area contributed by atoms with E-state index in [2.05, 4.69) is 48.9 Å². The highest BCUT2D eigenvalue weighted by atomic mass is 79.9. The maximum absolute atomic E-state index is 13.8. The van der Waals surface area contributed by atoms with E-state index in [0.29, 0.717) is 5.92 Å². The van der Waals surface area contributed by atoms with E-state index in [0.717, 1.165) is 29.5 Å². The highest BCUT2D eigenvalue weighted by Crippen LogP contribution is 2.24. The van der Waals surface area contributed by atoms with E-state index in [-0.39, 0.29) is 11.2 Å². The Labute approximate surface area is 118 Å². The first-order chi connectivity index (χ1) is 8.30. The van der Waals surface area contributed by atoms with Crippen molar-refractivity contribution in [1.29, 1.82) is 0 Å². The van der Waals surface area contributed by atoms with E-state index >= 15 is 0 Å². The molecule has 18 heavy (non-hydrogen) atoms. The van der Waals surface area contributed by atoms with E-state index in [1.807, 2.05) is 12.1 Å². The zero-order valence-electron chi connectivity index (χ0n) is 11.7. The molecule has 0 aliphatic carbocycles. The van der Waals surface area contributed by atoms with E-state index in [1.165, 1.54) is 6.07 Å². The van der Waals surface area contributed by atoms with Crippen molar-refractivity contribution >= 4 is 15.9 Å². The summed E-state index contributed by atoms with van der Waals surface area (Å²) in [6.45, 7) is 10.6. The van der Waals surface area contributed by atoms with E-state index < -0.39 is 0 Å². The van der Waals surface area contributed by atoms with Crippen LogP contribution in [0.3, 0.4) is 0 Å². The lowest BCUT2D eigenvalue weighted by Gasteiger charge is -2.26. The molecule has 0 heterocycles. The van der Waals surface area contributed by atoms with Crippen LogP contribution in [0, 0.1) is 17.2 Å². The molecule has 1 aromatic rings. The molecule has 1 N–H and O–H groups in total. The van der Waals surface area contributed by atoms with Crippen LogP contribution in [0.5, 0.6) is 0 Å². The summed E-state index contributed by atoms with van der Waals surface area (Å²) in [7, 11) is 0. The van der Waals surface area contributed by atoms with Crippen LogP contribution in [-0.2, 0) is 6.42 Å². The molecule has 1 rings (SSSR count). The zero-order chi connectivity index (χ0) is 13.8. The van der Waals surface area contributed by atoms with Crippen molar-refractivity contribution in [2.45, 2.75) is 34.1 Å². The van der Waals surface area contributed by atoms with E-state index in [4.69, 9.17) is 0 Å². The van der Waals surface area contributed by atoms with Crippen LogP contribution in [0.4, 0.5) is 4.39 Å². The average Bonchev–Trinajstić information content (AvgIpc) is 2.21. The van der Waals surface area contributed by atoms with Crippen LogP contribution in [-0.4, -0.2) is 13.1 Å². The van der Waals surface area contributed by atoms with Gasteiger partial charge >= 0.3 is 0 Å². The van der Waals surface area contributed by atoms with Gasteiger partial charge in [0.2, 0.25) is 0 Å². The number of hydrogen-bond donors (Lipinski definition) is 1. The van der Waals surface area contributed by atoms with E-state index in [9.17, 15) is 4.39 Å². The Kier molecular flexibility index (Phi) is 5.80. The zero-order valence-corrected chi connectivity index (χ0v) is 13.3. The van der Waals surface area contributed by atoms with Gasteiger partial charge in [-0.2, -0.15) is 0 Å². The smallest absolute Gasteiger partial charge is 0.127 e. The molecule has 0 unspecified atom stereocenters. The predicted octanol–water partition coefficient (Wildman–Crippen LogP) is 4.40. The van der Waals surface area contributed by atoms with Gasteiger partial charge < -0.3 is 5.32 Å². The van der Waals surface area contributed by atoms with Gasteiger partial charge in [-0.3, -0.25) is 0 Å². The van der Waals surface area contributed by atoms with Crippen molar-refractivity contribution in [1.82, 2.24) is 5.32 Å². The second-order valence-electron chi connectivity index (χ2n) is 6.10. The summed E-state index contributed by atoms with van der Waals surface area (Å²) in [4.78, 5) is 0. The minimum absolute atomic E-state index is 0.0591. The van der Waals surface area contributed by atoms with Crippen LogP contribution >= 0.6 is 15.9 Å². The summed E-state index contributed by atoms with van der Waals surface area (Å²) in [6.07, 6.45) is 0.747. The normalized spacial score (nSPS) is 12.2. The first kappa shape index (κ1) is 15.6. The number of hydrogen-bond acceptors (Lipinski definition) is 1. The highest BCUT2D eigenvalue weighted by molar-refractivity contribution is 9.10. The topological polar surface area (TPSA) is 12.0 Å². The standard InChI is InChI=1S/C15H23BrFN/c1-11(2)9-18-10-15(3,4)8-12-5-6-13(16)7-14(12)17/h5-7,11,18H,8-10H2,1-4H3. The molecule has 0 fully saturated rings. The fraction of sp³-hybridized carbons (Fsp3) is 0.600. The third kappa shape index (κ3) is 5.49. The minimum atomic E-state index is -0.124. The molecular formula is C15H23BrFN. The maximum Gasteiger partial charge on any atom is 0.127 e. The maximum atomic E-state index is 13.8. The van der Waals surface area contributed by atoms with Crippen LogP contribution in [0.1, 0.15) is 33.3 Å². The van der Waals surface area contributed by atoms with Crippen LogP contribution in [0.15, 0.2) is 22.7 Å². The number of halogens is 2.